The number of primary amides is 1. The van der Waals surface area contributed by atoms with Gasteiger partial charge in [-0.25, -0.2) is 9.97 Å². The summed E-state index contributed by atoms with van der Waals surface area (Å²) in [5, 5.41) is 15.8. The number of nitrogens with zero attached hydrogens (tertiary/aromatic N) is 3. The summed E-state index contributed by atoms with van der Waals surface area (Å²) in [4.78, 5) is 33.9. The van der Waals surface area contributed by atoms with Crippen LogP contribution in [-0.2, 0) is 4.79 Å². The fourth-order valence-electron chi connectivity index (χ4n) is 4.29. The molecule has 4 rings (SSSR count). The first-order chi connectivity index (χ1) is 15.0. The number of halogens is 1. The molecule has 2 aromatic rings. The van der Waals surface area contributed by atoms with Crippen LogP contribution in [0.2, 0.25) is 0 Å². The van der Waals surface area contributed by atoms with E-state index in [1.54, 1.807) is 0 Å². The predicted octanol–water partition coefficient (Wildman–Crippen LogP) is 2.51. The molecule has 10 heteroatoms. The number of hydrogen-bond acceptors (Lipinski definition) is 7. The van der Waals surface area contributed by atoms with E-state index in [2.05, 4.69) is 32.7 Å². The Morgan fingerprint density at radius 2 is 1.75 bits per heavy atom. The zero-order chi connectivity index (χ0) is 21.8. The van der Waals surface area contributed by atoms with E-state index in [1.165, 1.54) is 11.8 Å². The number of carbonyl (C=O) groups is 2. The van der Waals surface area contributed by atoms with E-state index in [9.17, 15) is 14.7 Å². The highest BCUT2D eigenvalue weighted by atomic mass is 35.5. The number of nitrogens with two attached hydrogens (primary N) is 1. The molecule has 1 amide bonds. The van der Waals surface area contributed by atoms with Gasteiger partial charge in [-0.3, -0.25) is 9.59 Å². The summed E-state index contributed by atoms with van der Waals surface area (Å²) >= 11 is 0. The van der Waals surface area contributed by atoms with Crippen molar-refractivity contribution in [2.24, 2.45) is 11.7 Å². The van der Waals surface area contributed by atoms with E-state index < -0.39 is 11.9 Å². The monoisotopic (exact) mass is 460 g/mol. The lowest BCUT2D eigenvalue weighted by Crippen LogP contribution is -2.37. The van der Waals surface area contributed by atoms with E-state index in [0.29, 0.717) is 43.5 Å². The fraction of sp³-hybridized carbons (Fsp3) is 0.455. The summed E-state index contributed by atoms with van der Waals surface area (Å²) in [7, 11) is 0. The Balaban J connectivity index is 0.00000289. The molecule has 1 aromatic heterocycles. The number of nitrogens with one attached hydrogen (secondary N) is 2. The molecule has 2 aliphatic rings. The van der Waals surface area contributed by atoms with E-state index >= 15 is 0 Å². The molecule has 2 saturated heterocycles. The molecule has 32 heavy (non-hydrogen) atoms. The molecule has 5 N–H and O–H groups in total. The molecule has 0 unspecified atom stereocenters. The largest absolute Gasteiger partial charge is 0.481 e. The van der Waals surface area contributed by atoms with Crippen LogP contribution < -0.4 is 21.3 Å². The number of anilines is 3. The lowest BCUT2D eigenvalue weighted by Gasteiger charge is -2.31. The van der Waals surface area contributed by atoms with Gasteiger partial charge in [-0.15, -0.1) is 12.4 Å². The average molecular weight is 461 g/mol. The van der Waals surface area contributed by atoms with Gasteiger partial charge in [0.05, 0.1) is 12.1 Å². The Hall–Kier alpha value is -2.91. The molecule has 3 heterocycles. The quantitative estimate of drug-likeness (QED) is 0.516. The average Bonchev–Trinajstić information content (AvgIpc) is 2.80. The third-order valence-corrected chi connectivity index (χ3v) is 6.15. The van der Waals surface area contributed by atoms with E-state index in [-0.39, 0.29) is 24.0 Å². The van der Waals surface area contributed by atoms with Crippen LogP contribution in [0.5, 0.6) is 0 Å². The number of aliphatic carboxylic acids is 1. The minimum Gasteiger partial charge on any atom is -0.481 e. The number of carboxylic acids is 1. The zero-order valence-corrected chi connectivity index (χ0v) is 18.6. The summed E-state index contributed by atoms with van der Waals surface area (Å²) in [5.41, 5.74) is 7.69. The number of benzene rings is 1. The van der Waals surface area contributed by atoms with Crippen molar-refractivity contribution >= 4 is 41.6 Å². The number of piperidine rings is 2. The number of amides is 1. The van der Waals surface area contributed by atoms with Crippen molar-refractivity contribution < 1.29 is 14.7 Å². The third-order valence-electron chi connectivity index (χ3n) is 6.15. The van der Waals surface area contributed by atoms with Crippen LogP contribution in [0.15, 0.2) is 30.5 Å². The van der Waals surface area contributed by atoms with Crippen molar-refractivity contribution in [2.75, 3.05) is 36.4 Å². The second-order valence-electron chi connectivity index (χ2n) is 8.16. The van der Waals surface area contributed by atoms with Crippen molar-refractivity contribution in [3.63, 3.8) is 0 Å². The minimum absolute atomic E-state index is 0. The summed E-state index contributed by atoms with van der Waals surface area (Å²) in [5.74, 6) is -0.274. The maximum Gasteiger partial charge on any atom is 0.306 e. The first-order valence-electron chi connectivity index (χ1n) is 10.7. The first-order valence-corrected chi connectivity index (χ1v) is 10.7. The van der Waals surface area contributed by atoms with Crippen LogP contribution in [0.25, 0.3) is 0 Å². The number of hydrogen-bond donors (Lipinski definition) is 4. The van der Waals surface area contributed by atoms with Gasteiger partial charge in [0.1, 0.15) is 5.82 Å². The second kappa shape index (κ2) is 10.6. The molecule has 2 aliphatic heterocycles. The van der Waals surface area contributed by atoms with Gasteiger partial charge in [0, 0.05) is 18.8 Å². The first kappa shape index (κ1) is 23.7. The molecular formula is C22H29ClN6O3. The highest BCUT2D eigenvalue weighted by Gasteiger charge is 2.26. The van der Waals surface area contributed by atoms with Crippen molar-refractivity contribution in [1.82, 2.24) is 15.3 Å². The number of aromatic nitrogens is 2. The van der Waals surface area contributed by atoms with Gasteiger partial charge in [0.15, 0.2) is 11.5 Å². The van der Waals surface area contributed by atoms with Gasteiger partial charge in [0.25, 0.3) is 5.91 Å². The summed E-state index contributed by atoms with van der Waals surface area (Å²) < 4.78 is 0. The summed E-state index contributed by atoms with van der Waals surface area (Å²) in [6, 6.07) is 8.18. The van der Waals surface area contributed by atoms with E-state index in [0.717, 1.165) is 31.6 Å². The maximum absolute atomic E-state index is 11.9. The van der Waals surface area contributed by atoms with Crippen LogP contribution in [0.1, 0.15) is 47.7 Å². The molecule has 0 aliphatic carbocycles. The van der Waals surface area contributed by atoms with Gasteiger partial charge in [-0.2, -0.15) is 0 Å². The zero-order valence-electron chi connectivity index (χ0n) is 17.8. The van der Waals surface area contributed by atoms with Crippen LogP contribution in [0.3, 0.4) is 0 Å². The molecule has 9 nitrogen and oxygen atoms in total. The minimum atomic E-state index is -0.759. The molecule has 0 bridgehead atoms. The smallest absolute Gasteiger partial charge is 0.306 e. The highest BCUT2D eigenvalue weighted by Crippen LogP contribution is 2.28. The van der Waals surface area contributed by atoms with E-state index in [4.69, 9.17) is 5.73 Å². The van der Waals surface area contributed by atoms with Crippen molar-refractivity contribution in [3.8, 4) is 0 Å². The van der Waals surface area contributed by atoms with Crippen molar-refractivity contribution in [2.45, 2.75) is 31.6 Å². The van der Waals surface area contributed by atoms with Crippen LogP contribution in [-0.4, -0.2) is 53.1 Å². The normalized spacial score (nSPS) is 17.4. The van der Waals surface area contributed by atoms with Crippen LogP contribution >= 0.6 is 12.4 Å². The molecule has 0 atom stereocenters. The second-order valence-corrected chi connectivity index (χ2v) is 8.16. The van der Waals surface area contributed by atoms with Gasteiger partial charge in [-0.05, 0) is 62.4 Å². The topological polar surface area (TPSA) is 133 Å². The summed E-state index contributed by atoms with van der Waals surface area (Å²) in [6.45, 7) is 3.23. The third kappa shape index (κ3) is 5.46. The van der Waals surface area contributed by atoms with Gasteiger partial charge in [-0.1, -0.05) is 12.1 Å². The number of rotatable bonds is 6. The van der Waals surface area contributed by atoms with Crippen molar-refractivity contribution in [1.29, 1.82) is 0 Å². The van der Waals surface area contributed by atoms with Gasteiger partial charge >= 0.3 is 5.97 Å². The van der Waals surface area contributed by atoms with Crippen LogP contribution in [0.4, 0.5) is 17.3 Å². The Labute approximate surface area is 193 Å². The van der Waals surface area contributed by atoms with Crippen molar-refractivity contribution in [3.05, 3.63) is 41.7 Å². The van der Waals surface area contributed by atoms with Crippen LogP contribution in [0, 0.1) is 5.92 Å². The molecular weight excluding hydrogens is 432 g/mol. The molecule has 0 radical (unpaired) electrons. The van der Waals surface area contributed by atoms with Gasteiger partial charge < -0.3 is 26.4 Å². The Bertz CT molecular complexity index is 941. The maximum atomic E-state index is 11.9. The SMILES string of the molecule is Cl.NC(=O)c1ncc(N2CCC(C(=O)O)CC2)nc1Nc1ccc(C2CCNCC2)cc1. The highest BCUT2D eigenvalue weighted by molar-refractivity contribution is 5.96. The molecule has 0 spiro atoms. The molecule has 0 saturated carbocycles. The number of carboxylic acid groups (broad SMARTS) is 1. The Morgan fingerprint density at radius 3 is 2.34 bits per heavy atom. The molecule has 172 valence electrons. The standard InChI is InChI=1S/C22H28N6O3.ClH/c23-20(29)19-21(26-17-3-1-14(2-4-17)15-5-9-24-10-6-15)27-18(13-25-19)28-11-7-16(8-12-28)22(30)31;/h1-4,13,15-16,24H,5-12H2,(H2,23,29)(H,26,27)(H,30,31);1H. The number of carbonyl (C=O) groups excluding carboxylic acids is 1. The Morgan fingerprint density at radius 1 is 1.09 bits per heavy atom. The predicted molar refractivity (Wildman–Crippen MR) is 125 cm³/mol. The van der Waals surface area contributed by atoms with Gasteiger partial charge in [0.2, 0.25) is 0 Å². The molecule has 1 aromatic carbocycles. The molecule has 2 fully saturated rings. The van der Waals surface area contributed by atoms with E-state index in [1.807, 2.05) is 17.0 Å². The fourth-order valence-corrected chi connectivity index (χ4v) is 4.29. The lowest BCUT2D eigenvalue weighted by molar-refractivity contribution is -0.142. The summed E-state index contributed by atoms with van der Waals surface area (Å²) in [6.07, 6.45) is 4.88. The lowest BCUT2D eigenvalue weighted by atomic mass is 9.90. The Kier molecular flexibility index (Phi) is 7.87.